The summed E-state index contributed by atoms with van der Waals surface area (Å²) in [6.07, 6.45) is -0.947. The molecule has 0 fully saturated rings. The highest BCUT2D eigenvalue weighted by Gasteiger charge is 2.16. The van der Waals surface area contributed by atoms with Gasteiger partial charge < -0.3 is 9.84 Å². The molecule has 0 heterocycles. The first-order chi connectivity index (χ1) is 9.88. The van der Waals surface area contributed by atoms with Crippen molar-refractivity contribution in [2.45, 2.75) is 19.6 Å². The van der Waals surface area contributed by atoms with Gasteiger partial charge in [-0.3, -0.25) is 0 Å². The van der Waals surface area contributed by atoms with Gasteiger partial charge in [0.05, 0.1) is 0 Å². The van der Waals surface area contributed by atoms with E-state index in [1.54, 1.807) is 18.2 Å². The predicted molar refractivity (Wildman–Crippen MR) is 83.7 cm³/mol. The maximum absolute atomic E-state index is 12.2. The average Bonchev–Trinajstić information content (AvgIpc) is 2.41. The molecule has 0 aliphatic carbocycles. The molecule has 0 aromatic heterocycles. The smallest absolute Gasteiger partial charge is 0.387 e. The van der Waals surface area contributed by atoms with Crippen LogP contribution < -0.4 is 4.74 Å². The number of hydrogen-bond acceptors (Lipinski definition) is 2. The molecule has 1 atom stereocenters. The molecule has 0 saturated carbocycles. The Morgan fingerprint density at radius 2 is 1.81 bits per heavy atom. The first-order valence-corrected chi connectivity index (χ1v) is 7.65. The maximum atomic E-state index is 12.2. The van der Waals surface area contributed by atoms with Gasteiger partial charge in [0, 0.05) is 14.5 Å². The maximum Gasteiger partial charge on any atom is 0.387 e. The molecule has 21 heavy (non-hydrogen) atoms. The molecule has 0 spiro atoms. The Bertz CT molecular complexity index is 648. The lowest BCUT2D eigenvalue weighted by molar-refractivity contribution is -0.0499. The zero-order chi connectivity index (χ0) is 15.6. The lowest BCUT2D eigenvalue weighted by atomic mass is 10.0. The van der Waals surface area contributed by atoms with Crippen molar-refractivity contribution < 1.29 is 18.6 Å². The van der Waals surface area contributed by atoms with Crippen molar-refractivity contribution in [3.63, 3.8) is 0 Å². The number of aryl methyl sites for hydroxylation is 1. The van der Waals surface area contributed by atoms with E-state index in [1.807, 2.05) is 13.0 Å². The fourth-order valence-electron chi connectivity index (χ4n) is 1.91. The molecule has 2 rings (SSSR count). The zero-order valence-corrected chi connectivity index (χ0v) is 14.2. The number of aliphatic hydroxyl groups excluding tert-OH is 1. The van der Waals surface area contributed by atoms with Crippen LogP contribution in [0.4, 0.5) is 8.78 Å². The van der Waals surface area contributed by atoms with E-state index in [0.29, 0.717) is 11.1 Å². The first kappa shape index (κ1) is 16.4. The minimum atomic E-state index is -2.89. The summed E-state index contributed by atoms with van der Waals surface area (Å²) in [7, 11) is 0. The van der Waals surface area contributed by atoms with Crippen LogP contribution in [0.15, 0.2) is 45.3 Å². The van der Waals surface area contributed by atoms with Crippen molar-refractivity contribution in [3.05, 3.63) is 62.0 Å². The summed E-state index contributed by atoms with van der Waals surface area (Å²) >= 11 is 6.82. The third-order valence-electron chi connectivity index (χ3n) is 2.97. The normalized spacial score (nSPS) is 12.5. The molecule has 1 N–H and O–H groups in total. The van der Waals surface area contributed by atoms with Crippen LogP contribution in [0.2, 0.25) is 0 Å². The second-order valence-corrected chi connectivity index (χ2v) is 6.19. The molecule has 0 amide bonds. The van der Waals surface area contributed by atoms with E-state index in [4.69, 9.17) is 0 Å². The molecule has 112 valence electrons. The van der Waals surface area contributed by atoms with E-state index in [0.717, 1.165) is 14.5 Å². The Balaban J connectivity index is 2.36. The third-order valence-corrected chi connectivity index (χ3v) is 4.51. The summed E-state index contributed by atoms with van der Waals surface area (Å²) in [6, 6.07) is 9.71. The van der Waals surface area contributed by atoms with E-state index < -0.39 is 12.7 Å². The highest BCUT2D eigenvalue weighted by Crippen LogP contribution is 2.34. The first-order valence-electron chi connectivity index (χ1n) is 6.07. The molecular formula is C15H12Br2F2O2. The Kier molecular flexibility index (Phi) is 5.35. The van der Waals surface area contributed by atoms with Crippen molar-refractivity contribution in [1.29, 1.82) is 0 Å². The van der Waals surface area contributed by atoms with Crippen molar-refractivity contribution in [2.75, 3.05) is 0 Å². The topological polar surface area (TPSA) is 29.5 Å². The lowest BCUT2D eigenvalue weighted by Gasteiger charge is -2.16. The van der Waals surface area contributed by atoms with Crippen LogP contribution in [0.5, 0.6) is 5.75 Å². The van der Waals surface area contributed by atoms with E-state index in [2.05, 4.69) is 36.6 Å². The summed E-state index contributed by atoms with van der Waals surface area (Å²) in [5, 5.41) is 10.5. The number of alkyl halides is 2. The summed E-state index contributed by atoms with van der Waals surface area (Å²) in [5.74, 6) is 0.0175. The highest BCUT2D eigenvalue weighted by atomic mass is 79.9. The van der Waals surface area contributed by atoms with Crippen molar-refractivity contribution in [1.82, 2.24) is 0 Å². The number of halogens is 4. The fourth-order valence-corrected chi connectivity index (χ4v) is 2.95. The molecule has 0 radical (unpaired) electrons. The molecule has 0 aliphatic heterocycles. The molecule has 2 nitrogen and oxygen atoms in total. The Labute approximate surface area is 138 Å². The third kappa shape index (κ3) is 4.02. The Morgan fingerprint density at radius 1 is 1.10 bits per heavy atom. The van der Waals surface area contributed by atoms with Crippen molar-refractivity contribution in [3.8, 4) is 5.75 Å². The van der Waals surface area contributed by atoms with Gasteiger partial charge >= 0.3 is 6.61 Å². The van der Waals surface area contributed by atoms with Crippen LogP contribution in [0.25, 0.3) is 0 Å². The average molecular weight is 422 g/mol. The highest BCUT2D eigenvalue weighted by molar-refractivity contribution is 9.11. The van der Waals surface area contributed by atoms with Gasteiger partial charge in [-0.2, -0.15) is 8.78 Å². The Hall–Kier alpha value is -0.980. The van der Waals surface area contributed by atoms with Crippen LogP contribution in [-0.2, 0) is 0 Å². The number of aliphatic hydroxyl groups is 1. The summed E-state index contributed by atoms with van der Waals surface area (Å²) in [5.41, 5.74) is 2.14. The van der Waals surface area contributed by atoms with Crippen LogP contribution in [0, 0.1) is 6.92 Å². The number of rotatable bonds is 4. The van der Waals surface area contributed by atoms with Gasteiger partial charge in [-0.25, -0.2) is 0 Å². The van der Waals surface area contributed by atoms with Gasteiger partial charge in [-0.1, -0.05) is 44.0 Å². The standard InChI is InChI=1S/C15H12Br2F2O2/c1-8-5-13(17)11(7-12(8)16)14(20)9-3-2-4-10(6-9)21-15(18)19/h2-7,14-15,20H,1H3. The van der Waals surface area contributed by atoms with Gasteiger partial charge in [-0.05, 0) is 42.3 Å². The number of ether oxygens (including phenoxy) is 1. The molecule has 0 saturated heterocycles. The molecular weight excluding hydrogens is 410 g/mol. The monoisotopic (exact) mass is 420 g/mol. The second-order valence-electron chi connectivity index (χ2n) is 4.48. The molecule has 2 aromatic carbocycles. The fraction of sp³-hybridized carbons (Fsp3) is 0.200. The number of hydrogen-bond donors (Lipinski definition) is 1. The molecule has 6 heteroatoms. The van der Waals surface area contributed by atoms with Crippen LogP contribution in [0.1, 0.15) is 22.8 Å². The van der Waals surface area contributed by atoms with Crippen LogP contribution in [-0.4, -0.2) is 11.7 Å². The largest absolute Gasteiger partial charge is 0.435 e. The summed E-state index contributed by atoms with van der Waals surface area (Å²) < 4.78 is 30.4. The van der Waals surface area contributed by atoms with E-state index in [-0.39, 0.29) is 5.75 Å². The minimum absolute atomic E-state index is 0.0175. The van der Waals surface area contributed by atoms with Crippen molar-refractivity contribution >= 4 is 31.9 Å². The lowest BCUT2D eigenvalue weighted by Crippen LogP contribution is -2.05. The van der Waals surface area contributed by atoms with Crippen LogP contribution >= 0.6 is 31.9 Å². The van der Waals surface area contributed by atoms with Crippen molar-refractivity contribution in [2.24, 2.45) is 0 Å². The van der Waals surface area contributed by atoms with Crippen LogP contribution in [0.3, 0.4) is 0 Å². The molecule has 0 bridgehead atoms. The number of benzene rings is 2. The Morgan fingerprint density at radius 3 is 2.48 bits per heavy atom. The molecule has 2 aromatic rings. The van der Waals surface area contributed by atoms with E-state index >= 15 is 0 Å². The second kappa shape index (κ2) is 6.85. The van der Waals surface area contributed by atoms with Gasteiger partial charge in [-0.15, -0.1) is 0 Å². The summed E-state index contributed by atoms with van der Waals surface area (Å²) in [4.78, 5) is 0. The minimum Gasteiger partial charge on any atom is -0.435 e. The SMILES string of the molecule is Cc1cc(Br)c(C(O)c2cccc(OC(F)F)c2)cc1Br. The molecule has 0 aliphatic rings. The predicted octanol–water partition coefficient (Wildman–Crippen LogP) is 5.20. The van der Waals surface area contributed by atoms with Gasteiger partial charge in [0.15, 0.2) is 0 Å². The quantitative estimate of drug-likeness (QED) is 0.734. The van der Waals surface area contributed by atoms with Gasteiger partial charge in [0.2, 0.25) is 0 Å². The van der Waals surface area contributed by atoms with E-state index in [1.165, 1.54) is 12.1 Å². The van der Waals surface area contributed by atoms with Gasteiger partial charge in [0.25, 0.3) is 0 Å². The molecule has 1 unspecified atom stereocenters. The van der Waals surface area contributed by atoms with E-state index in [9.17, 15) is 13.9 Å². The summed E-state index contributed by atoms with van der Waals surface area (Å²) in [6.45, 7) is -0.958. The van der Waals surface area contributed by atoms with Gasteiger partial charge in [0.1, 0.15) is 11.9 Å². The zero-order valence-electron chi connectivity index (χ0n) is 11.0.